The molecule has 1 heterocycles. The molecule has 1 aromatic rings. The van der Waals surface area contributed by atoms with Crippen LogP contribution in [0.3, 0.4) is 0 Å². The van der Waals surface area contributed by atoms with Gasteiger partial charge in [-0.05, 0) is 30.7 Å². The minimum atomic E-state index is -0.504. The lowest BCUT2D eigenvalue weighted by atomic mass is 10.1. The summed E-state index contributed by atoms with van der Waals surface area (Å²) in [5.74, 6) is -0.214. The van der Waals surface area contributed by atoms with Crippen LogP contribution in [-0.4, -0.2) is 54.5 Å². The van der Waals surface area contributed by atoms with Crippen molar-refractivity contribution in [2.75, 3.05) is 26.7 Å². The Balaban J connectivity index is 2.25. The second-order valence-corrected chi connectivity index (χ2v) is 4.83. The van der Waals surface area contributed by atoms with E-state index >= 15 is 0 Å². The number of hydrogen-bond acceptors (Lipinski definition) is 4. The highest BCUT2D eigenvalue weighted by atomic mass is 16.3. The zero-order valence-corrected chi connectivity index (χ0v) is 11.6. The minimum Gasteiger partial charge on any atom is -0.508 e. The van der Waals surface area contributed by atoms with E-state index in [0.717, 1.165) is 0 Å². The van der Waals surface area contributed by atoms with Crippen molar-refractivity contribution in [3.8, 4) is 5.75 Å². The Kier molecular flexibility index (Phi) is 4.24. The number of benzene rings is 1. The van der Waals surface area contributed by atoms with Gasteiger partial charge in [0, 0.05) is 32.2 Å². The molecule has 1 aliphatic rings. The SMILES string of the molecule is CNC(=O)C1CNCCN1C(=O)c1ccc(O)c(C)c1. The summed E-state index contributed by atoms with van der Waals surface area (Å²) < 4.78 is 0. The first-order chi connectivity index (χ1) is 9.54. The molecule has 0 saturated carbocycles. The number of nitrogens with zero attached hydrogens (tertiary/aromatic N) is 1. The molecule has 0 aromatic heterocycles. The minimum absolute atomic E-state index is 0.157. The number of likely N-dealkylation sites (N-methyl/N-ethyl adjacent to an activating group) is 1. The van der Waals surface area contributed by atoms with Crippen LogP contribution in [0.5, 0.6) is 5.75 Å². The number of amides is 2. The lowest BCUT2D eigenvalue weighted by Gasteiger charge is -2.35. The average molecular weight is 277 g/mol. The molecule has 108 valence electrons. The summed E-state index contributed by atoms with van der Waals surface area (Å²) in [5, 5.41) is 15.2. The van der Waals surface area contributed by atoms with Crippen LogP contribution in [0.1, 0.15) is 15.9 Å². The zero-order chi connectivity index (χ0) is 14.7. The third-order valence-electron chi connectivity index (χ3n) is 3.50. The van der Waals surface area contributed by atoms with Gasteiger partial charge in [-0.25, -0.2) is 0 Å². The van der Waals surface area contributed by atoms with Gasteiger partial charge < -0.3 is 20.6 Å². The van der Waals surface area contributed by atoms with Gasteiger partial charge in [0.1, 0.15) is 11.8 Å². The molecule has 2 amide bonds. The van der Waals surface area contributed by atoms with Gasteiger partial charge in [0.05, 0.1) is 0 Å². The van der Waals surface area contributed by atoms with Crippen LogP contribution in [0.15, 0.2) is 18.2 Å². The molecule has 6 nitrogen and oxygen atoms in total. The van der Waals surface area contributed by atoms with Gasteiger partial charge in [0.25, 0.3) is 5.91 Å². The Labute approximate surface area is 117 Å². The van der Waals surface area contributed by atoms with Gasteiger partial charge in [0.15, 0.2) is 0 Å². The van der Waals surface area contributed by atoms with Gasteiger partial charge in [-0.15, -0.1) is 0 Å². The van der Waals surface area contributed by atoms with E-state index < -0.39 is 6.04 Å². The Morgan fingerprint density at radius 1 is 1.45 bits per heavy atom. The number of phenolic OH excluding ortho intramolecular Hbond substituents is 1. The van der Waals surface area contributed by atoms with Crippen LogP contribution in [0.2, 0.25) is 0 Å². The molecule has 6 heteroatoms. The van der Waals surface area contributed by atoms with Crippen molar-refractivity contribution in [3.63, 3.8) is 0 Å². The van der Waals surface area contributed by atoms with E-state index in [4.69, 9.17) is 0 Å². The smallest absolute Gasteiger partial charge is 0.254 e. The highest BCUT2D eigenvalue weighted by Crippen LogP contribution is 2.19. The van der Waals surface area contributed by atoms with E-state index in [1.54, 1.807) is 31.0 Å². The number of phenols is 1. The highest BCUT2D eigenvalue weighted by Gasteiger charge is 2.32. The van der Waals surface area contributed by atoms with Crippen molar-refractivity contribution in [2.45, 2.75) is 13.0 Å². The maximum absolute atomic E-state index is 12.5. The molecule has 1 aliphatic heterocycles. The monoisotopic (exact) mass is 277 g/mol. The van der Waals surface area contributed by atoms with E-state index in [9.17, 15) is 14.7 Å². The summed E-state index contributed by atoms with van der Waals surface area (Å²) in [6, 6.07) is 4.21. The summed E-state index contributed by atoms with van der Waals surface area (Å²) in [5.41, 5.74) is 1.12. The van der Waals surface area contributed by atoms with Crippen molar-refractivity contribution >= 4 is 11.8 Å². The predicted molar refractivity (Wildman–Crippen MR) is 74.6 cm³/mol. The molecule has 1 saturated heterocycles. The average Bonchev–Trinajstić information content (AvgIpc) is 2.48. The molecule has 3 N–H and O–H groups in total. The summed E-state index contributed by atoms with van der Waals surface area (Å²) in [7, 11) is 1.56. The van der Waals surface area contributed by atoms with E-state index in [1.807, 2.05) is 0 Å². The highest BCUT2D eigenvalue weighted by molar-refractivity contribution is 5.98. The number of rotatable bonds is 2. The molecular weight excluding hydrogens is 258 g/mol. The second kappa shape index (κ2) is 5.92. The van der Waals surface area contributed by atoms with Crippen molar-refractivity contribution < 1.29 is 14.7 Å². The Bertz CT molecular complexity index is 530. The first kappa shape index (κ1) is 14.3. The van der Waals surface area contributed by atoms with Gasteiger partial charge in [-0.3, -0.25) is 9.59 Å². The molecule has 1 atom stereocenters. The number of nitrogens with one attached hydrogen (secondary N) is 2. The van der Waals surface area contributed by atoms with E-state index in [0.29, 0.717) is 30.8 Å². The number of carbonyl (C=O) groups excluding carboxylic acids is 2. The molecule has 2 rings (SSSR count). The largest absolute Gasteiger partial charge is 0.508 e. The van der Waals surface area contributed by atoms with Crippen molar-refractivity contribution in [2.24, 2.45) is 0 Å². The molecule has 1 aromatic carbocycles. The van der Waals surface area contributed by atoms with Crippen LogP contribution in [0, 0.1) is 6.92 Å². The van der Waals surface area contributed by atoms with Gasteiger partial charge in [0.2, 0.25) is 5.91 Å². The van der Waals surface area contributed by atoms with Gasteiger partial charge in [-0.1, -0.05) is 0 Å². The van der Waals surface area contributed by atoms with Crippen LogP contribution in [0.25, 0.3) is 0 Å². The fourth-order valence-corrected chi connectivity index (χ4v) is 2.30. The van der Waals surface area contributed by atoms with Crippen molar-refractivity contribution in [1.82, 2.24) is 15.5 Å². The summed E-state index contributed by atoms with van der Waals surface area (Å²) in [4.78, 5) is 26.0. The number of aromatic hydroxyl groups is 1. The number of aryl methyl sites for hydroxylation is 1. The van der Waals surface area contributed by atoms with E-state index in [1.165, 1.54) is 6.07 Å². The second-order valence-electron chi connectivity index (χ2n) is 4.83. The number of carbonyl (C=O) groups is 2. The fourth-order valence-electron chi connectivity index (χ4n) is 2.30. The Morgan fingerprint density at radius 3 is 2.85 bits per heavy atom. The number of piperazine rings is 1. The predicted octanol–water partition coefficient (Wildman–Crippen LogP) is -0.139. The first-order valence-electron chi connectivity index (χ1n) is 6.57. The Morgan fingerprint density at radius 2 is 2.20 bits per heavy atom. The molecule has 0 radical (unpaired) electrons. The van der Waals surface area contributed by atoms with Gasteiger partial charge in [-0.2, -0.15) is 0 Å². The molecule has 0 spiro atoms. The van der Waals surface area contributed by atoms with E-state index in [-0.39, 0.29) is 17.6 Å². The molecular formula is C14H19N3O3. The fraction of sp³-hybridized carbons (Fsp3) is 0.429. The zero-order valence-electron chi connectivity index (χ0n) is 11.6. The lowest BCUT2D eigenvalue weighted by Crippen LogP contribution is -2.59. The summed E-state index contributed by atoms with van der Waals surface area (Å²) in [6.07, 6.45) is 0. The Hall–Kier alpha value is -2.08. The third kappa shape index (κ3) is 2.75. The molecule has 0 bridgehead atoms. The van der Waals surface area contributed by atoms with Crippen LogP contribution in [0.4, 0.5) is 0 Å². The van der Waals surface area contributed by atoms with Crippen molar-refractivity contribution in [3.05, 3.63) is 29.3 Å². The van der Waals surface area contributed by atoms with E-state index in [2.05, 4.69) is 10.6 Å². The van der Waals surface area contributed by atoms with Gasteiger partial charge >= 0.3 is 0 Å². The standard InChI is InChI=1S/C14H19N3O3/c1-9-7-10(3-4-12(9)18)14(20)17-6-5-16-8-11(17)13(19)15-2/h3-4,7,11,16,18H,5-6,8H2,1-2H3,(H,15,19). The molecule has 1 fully saturated rings. The third-order valence-corrected chi connectivity index (χ3v) is 3.50. The summed E-state index contributed by atoms with van der Waals surface area (Å²) >= 11 is 0. The topological polar surface area (TPSA) is 81.7 Å². The first-order valence-corrected chi connectivity index (χ1v) is 6.57. The van der Waals surface area contributed by atoms with Crippen LogP contribution in [-0.2, 0) is 4.79 Å². The lowest BCUT2D eigenvalue weighted by molar-refractivity contribution is -0.125. The molecule has 20 heavy (non-hydrogen) atoms. The van der Waals surface area contributed by atoms with Crippen molar-refractivity contribution in [1.29, 1.82) is 0 Å². The maximum atomic E-state index is 12.5. The van der Waals surface area contributed by atoms with Crippen LogP contribution >= 0.6 is 0 Å². The molecule has 1 unspecified atom stereocenters. The summed E-state index contributed by atoms with van der Waals surface area (Å²) in [6.45, 7) is 3.33. The van der Waals surface area contributed by atoms with Crippen LogP contribution < -0.4 is 10.6 Å². The number of hydrogen-bond donors (Lipinski definition) is 3. The quantitative estimate of drug-likeness (QED) is 0.703. The maximum Gasteiger partial charge on any atom is 0.254 e. The molecule has 0 aliphatic carbocycles. The normalized spacial score (nSPS) is 18.7.